The third kappa shape index (κ3) is 3.86. The zero-order valence-electron chi connectivity index (χ0n) is 14.7. The molecule has 4 nitrogen and oxygen atoms in total. The molecule has 26 heavy (non-hydrogen) atoms. The molecule has 0 spiro atoms. The van der Waals surface area contributed by atoms with Gasteiger partial charge in [-0.2, -0.15) is 0 Å². The summed E-state index contributed by atoms with van der Waals surface area (Å²) in [5, 5.41) is 3.50. The quantitative estimate of drug-likeness (QED) is 0.827. The van der Waals surface area contributed by atoms with E-state index in [1.165, 1.54) is 41.9 Å². The molecular weight excluding hydrogens is 349 g/mol. The highest BCUT2D eigenvalue weighted by Gasteiger charge is 2.35. The molecule has 2 aliphatic heterocycles. The molecule has 0 unspecified atom stereocenters. The van der Waals surface area contributed by atoms with Gasteiger partial charge in [-0.25, -0.2) is 9.37 Å². The molecule has 2 fully saturated rings. The van der Waals surface area contributed by atoms with Crippen molar-refractivity contribution in [1.82, 2.24) is 9.88 Å². The van der Waals surface area contributed by atoms with Gasteiger partial charge in [-0.3, -0.25) is 15.0 Å². The second-order valence-corrected chi connectivity index (χ2v) is 8.30. The lowest BCUT2D eigenvalue weighted by Crippen LogP contribution is -2.37. The molecule has 2 aromatic rings. The Kier molecular flexibility index (Phi) is 4.87. The summed E-state index contributed by atoms with van der Waals surface area (Å²) < 4.78 is 13.0. The average Bonchev–Trinajstić information content (AvgIpc) is 3.10. The van der Waals surface area contributed by atoms with E-state index in [0.717, 1.165) is 23.3 Å². The van der Waals surface area contributed by atoms with Crippen LogP contribution in [-0.2, 0) is 11.2 Å². The first-order valence-electron chi connectivity index (χ1n) is 8.98. The largest absolute Gasteiger partial charge is 0.300 e. The SMILES string of the molecule is CN1[C@H]2CC[C@H]1CC(=CC(=O)Nc1ncc(Cc3ccc(F)cc3)s1)C2. The van der Waals surface area contributed by atoms with Crippen LogP contribution in [0.5, 0.6) is 0 Å². The Labute approximate surface area is 156 Å². The van der Waals surface area contributed by atoms with Gasteiger partial charge in [0.15, 0.2) is 5.13 Å². The standard InChI is InChI=1S/C20H22FN3OS/c1-24-16-6-7-17(24)9-14(8-16)11-19(25)23-20-22-12-18(26-20)10-13-2-4-15(21)5-3-13/h2-5,11-12,16-17H,6-10H2,1H3,(H,22,23,25)/t16-,17-/m0/s1. The van der Waals surface area contributed by atoms with Crippen LogP contribution in [0.2, 0.25) is 0 Å². The van der Waals surface area contributed by atoms with E-state index < -0.39 is 0 Å². The summed E-state index contributed by atoms with van der Waals surface area (Å²) in [6.07, 6.45) is 8.68. The van der Waals surface area contributed by atoms with Gasteiger partial charge in [0.05, 0.1) is 0 Å². The highest BCUT2D eigenvalue weighted by molar-refractivity contribution is 7.15. The minimum Gasteiger partial charge on any atom is -0.300 e. The van der Waals surface area contributed by atoms with E-state index in [1.54, 1.807) is 24.4 Å². The van der Waals surface area contributed by atoms with Crippen LogP contribution in [0.4, 0.5) is 9.52 Å². The number of thiazole rings is 1. The fourth-order valence-electron chi connectivity index (χ4n) is 3.97. The normalized spacial score (nSPS) is 22.5. The van der Waals surface area contributed by atoms with Gasteiger partial charge in [0.25, 0.3) is 0 Å². The van der Waals surface area contributed by atoms with E-state index in [1.807, 2.05) is 0 Å². The minimum absolute atomic E-state index is 0.0911. The van der Waals surface area contributed by atoms with Gasteiger partial charge in [-0.15, -0.1) is 11.3 Å². The molecule has 0 radical (unpaired) electrons. The maximum absolute atomic E-state index is 13.0. The number of hydrogen-bond acceptors (Lipinski definition) is 4. The third-order valence-corrected chi connectivity index (χ3v) is 6.30. The minimum atomic E-state index is -0.235. The van der Waals surface area contributed by atoms with E-state index in [0.29, 0.717) is 23.6 Å². The molecule has 1 N–H and O–H groups in total. The van der Waals surface area contributed by atoms with Crippen molar-refractivity contribution in [3.8, 4) is 0 Å². The summed E-state index contributed by atoms with van der Waals surface area (Å²) in [7, 11) is 2.19. The molecule has 2 saturated heterocycles. The summed E-state index contributed by atoms with van der Waals surface area (Å²) in [6.45, 7) is 0. The summed E-state index contributed by atoms with van der Waals surface area (Å²) in [4.78, 5) is 20.1. The molecule has 4 rings (SSSR count). The van der Waals surface area contributed by atoms with Gasteiger partial charge in [0, 0.05) is 35.7 Å². The zero-order chi connectivity index (χ0) is 18.1. The third-order valence-electron chi connectivity index (χ3n) is 5.39. The lowest BCUT2D eigenvalue weighted by molar-refractivity contribution is -0.112. The van der Waals surface area contributed by atoms with Gasteiger partial charge in [0.2, 0.25) is 5.91 Å². The molecule has 2 aliphatic rings. The maximum Gasteiger partial charge on any atom is 0.250 e. The van der Waals surface area contributed by atoms with Crippen LogP contribution in [0.1, 0.15) is 36.1 Å². The van der Waals surface area contributed by atoms with E-state index in [9.17, 15) is 9.18 Å². The van der Waals surface area contributed by atoms with Crippen LogP contribution in [0.15, 0.2) is 42.1 Å². The van der Waals surface area contributed by atoms with Crippen molar-refractivity contribution in [2.24, 2.45) is 0 Å². The number of anilines is 1. The summed E-state index contributed by atoms with van der Waals surface area (Å²) in [6, 6.07) is 7.64. The number of nitrogens with one attached hydrogen (secondary N) is 1. The lowest BCUT2D eigenvalue weighted by atomic mass is 9.97. The Morgan fingerprint density at radius 2 is 2.00 bits per heavy atom. The molecular formula is C20H22FN3OS. The molecule has 0 aliphatic carbocycles. The first kappa shape index (κ1) is 17.4. The Bertz CT molecular complexity index is 814. The zero-order valence-corrected chi connectivity index (χ0v) is 15.6. The fraction of sp³-hybridized carbons (Fsp3) is 0.400. The van der Waals surface area contributed by atoms with Crippen LogP contribution >= 0.6 is 11.3 Å². The van der Waals surface area contributed by atoms with Gasteiger partial charge < -0.3 is 0 Å². The van der Waals surface area contributed by atoms with Crippen molar-refractivity contribution < 1.29 is 9.18 Å². The van der Waals surface area contributed by atoms with Crippen molar-refractivity contribution in [3.63, 3.8) is 0 Å². The number of nitrogens with zero attached hydrogens (tertiary/aromatic N) is 2. The molecule has 3 heterocycles. The van der Waals surface area contributed by atoms with E-state index in [-0.39, 0.29) is 11.7 Å². The Balaban J connectivity index is 1.36. The Morgan fingerprint density at radius 3 is 2.69 bits per heavy atom. The highest BCUT2D eigenvalue weighted by Crippen LogP contribution is 2.36. The number of carbonyl (C=O) groups is 1. The van der Waals surface area contributed by atoms with Crippen LogP contribution in [0.25, 0.3) is 0 Å². The molecule has 6 heteroatoms. The van der Waals surface area contributed by atoms with Gasteiger partial charge in [0.1, 0.15) is 5.82 Å². The number of aromatic nitrogens is 1. The van der Waals surface area contributed by atoms with Gasteiger partial charge in [-0.1, -0.05) is 17.7 Å². The lowest BCUT2D eigenvalue weighted by Gasteiger charge is -2.32. The summed E-state index contributed by atoms with van der Waals surface area (Å²) in [5.41, 5.74) is 2.27. The molecule has 1 amide bonds. The molecule has 1 aromatic carbocycles. The number of piperidine rings is 1. The first-order chi connectivity index (χ1) is 12.6. The van der Waals surface area contributed by atoms with Crippen molar-refractivity contribution >= 4 is 22.4 Å². The summed E-state index contributed by atoms with van der Waals surface area (Å²) >= 11 is 1.46. The molecule has 0 saturated carbocycles. The topological polar surface area (TPSA) is 45.2 Å². The molecule has 2 bridgehead atoms. The van der Waals surface area contributed by atoms with E-state index in [4.69, 9.17) is 0 Å². The number of carbonyl (C=O) groups excluding carboxylic acids is 1. The average molecular weight is 371 g/mol. The smallest absolute Gasteiger partial charge is 0.250 e. The second-order valence-electron chi connectivity index (χ2n) is 7.19. The van der Waals surface area contributed by atoms with Gasteiger partial charge in [-0.05, 0) is 50.4 Å². The van der Waals surface area contributed by atoms with Crippen molar-refractivity contribution in [2.75, 3.05) is 12.4 Å². The number of amides is 1. The number of benzene rings is 1. The summed E-state index contributed by atoms with van der Waals surface area (Å²) in [5.74, 6) is -0.326. The predicted molar refractivity (Wildman–Crippen MR) is 102 cm³/mol. The van der Waals surface area contributed by atoms with Gasteiger partial charge >= 0.3 is 0 Å². The molecule has 136 valence electrons. The van der Waals surface area contributed by atoms with Crippen LogP contribution in [0, 0.1) is 5.82 Å². The fourth-order valence-corrected chi connectivity index (χ4v) is 4.82. The van der Waals surface area contributed by atoms with E-state index >= 15 is 0 Å². The first-order valence-corrected chi connectivity index (χ1v) is 9.80. The molecule has 1 aromatic heterocycles. The van der Waals surface area contributed by atoms with Crippen molar-refractivity contribution in [1.29, 1.82) is 0 Å². The number of fused-ring (bicyclic) bond motifs is 2. The maximum atomic E-state index is 13.0. The predicted octanol–water partition coefficient (Wildman–Crippen LogP) is 3.99. The van der Waals surface area contributed by atoms with Crippen LogP contribution < -0.4 is 5.32 Å². The Hall–Kier alpha value is -2.05. The van der Waals surface area contributed by atoms with Crippen molar-refractivity contribution in [3.05, 3.63) is 58.4 Å². The molecule has 2 atom stereocenters. The highest BCUT2D eigenvalue weighted by atomic mass is 32.1. The number of hydrogen-bond donors (Lipinski definition) is 1. The monoisotopic (exact) mass is 371 g/mol. The van der Waals surface area contributed by atoms with Crippen molar-refractivity contribution in [2.45, 2.75) is 44.2 Å². The number of halogens is 1. The second kappa shape index (κ2) is 7.29. The van der Waals surface area contributed by atoms with Crippen LogP contribution in [-0.4, -0.2) is 34.9 Å². The van der Waals surface area contributed by atoms with Crippen LogP contribution in [0.3, 0.4) is 0 Å². The number of rotatable bonds is 4. The Morgan fingerprint density at radius 1 is 1.31 bits per heavy atom. The van der Waals surface area contributed by atoms with E-state index in [2.05, 4.69) is 22.2 Å².